The number of phenolic OH excluding ortho intramolecular Hbond substituents is 1. The molecule has 0 amide bonds. The number of aromatic hydroxyl groups is 1. The summed E-state index contributed by atoms with van der Waals surface area (Å²) in [5, 5.41) is 9.56. The summed E-state index contributed by atoms with van der Waals surface area (Å²) in [4.78, 5) is 0. The molecular formula is C12H12F6O. The van der Waals surface area contributed by atoms with Gasteiger partial charge >= 0.3 is 12.4 Å². The van der Waals surface area contributed by atoms with E-state index in [2.05, 4.69) is 0 Å². The predicted molar refractivity (Wildman–Crippen MR) is 56.8 cm³/mol. The quantitative estimate of drug-likeness (QED) is 0.684. The van der Waals surface area contributed by atoms with Gasteiger partial charge in [0, 0.05) is 5.56 Å². The van der Waals surface area contributed by atoms with Crippen LogP contribution in [0.3, 0.4) is 0 Å². The molecule has 0 fully saturated rings. The number of phenols is 1. The van der Waals surface area contributed by atoms with Gasteiger partial charge in [0.1, 0.15) is 5.75 Å². The Morgan fingerprint density at radius 2 is 1.21 bits per heavy atom. The van der Waals surface area contributed by atoms with Crippen molar-refractivity contribution in [1.82, 2.24) is 0 Å². The Balaban J connectivity index is 3.68. The fourth-order valence-electron chi connectivity index (χ4n) is 1.59. The Hall–Kier alpha value is -1.40. The molecule has 1 N–H and O–H groups in total. The monoisotopic (exact) mass is 286 g/mol. The Kier molecular flexibility index (Phi) is 3.56. The molecule has 1 rings (SSSR count). The summed E-state index contributed by atoms with van der Waals surface area (Å²) in [5.41, 5.74) is -4.55. The highest BCUT2D eigenvalue weighted by atomic mass is 19.4. The molecule has 108 valence electrons. The minimum absolute atomic E-state index is 0.0788. The highest BCUT2D eigenvalue weighted by Crippen LogP contribution is 2.45. The van der Waals surface area contributed by atoms with Gasteiger partial charge in [-0.2, -0.15) is 26.3 Å². The van der Waals surface area contributed by atoms with E-state index in [0.29, 0.717) is 6.07 Å². The normalized spacial score (nSPS) is 13.7. The minimum Gasteiger partial charge on any atom is -0.507 e. The lowest BCUT2D eigenvalue weighted by molar-refractivity contribution is -0.143. The van der Waals surface area contributed by atoms with E-state index in [9.17, 15) is 31.4 Å². The smallest absolute Gasteiger partial charge is 0.419 e. The third-order valence-electron chi connectivity index (χ3n) is 2.55. The number of hydrogen-bond donors (Lipinski definition) is 1. The van der Waals surface area contributed by atoms with Gasteiger partial charge in [-0.05, 0) is 17.5 Å². The van der Waals surface area contributed by atoms with E-state index in [4.69, 9.17) is 0 Å². The average molecular weight is 286 g/mol. The molecule has 0 spiro atoms. The lowest BCUT2D eigenvalue weighted by Gasteiger charge is -2.24. The number of halogens is 6. The van der Waals surface area contributed by atoms with Crippen molar-refractivity contribution in [2.45, 2.75) is 38.5 Å². The number of alkyl halides is 6. The van der Waals surface area contributed by atoms with E-state index in [1.165, 1.54) is 20.8 Å². The van der Waals surface area contributed by atoms with Gasteiger partial charge in [-0.15, -0.1) is 0 Å². The van der Waals surface area contributed by atoms with Crippen molar-refractivity contribution in [2.24, 2.45) is 0 Å². The van der Waals surface area contributed by atoms with Gasteiger partial charge in [-0.25, -0.2) is 0 Å². The first kappa shape index (κ1) is 15.7. The SMILES string of the molecule is CC(C)(C)c1cc(C(F)(F)F)cc(C(F)(F)F)c1O. The molecule has 0 aliphatic heterocycles. The van der Waals surface area contributed by atoms with E-state index < -0.39 is 40.2 Å². The largest absolute Gasteiger partial charge is 0.507 e. The average Bonchev–Trinajstić information content (AvgIpc) is 2.11. The molecule has 0 heterocycles. The molecule has 0 aliphatic rings. The zero-order chi connectivity index (χ0) is 15.2. The first-order valence-electron chi connectivity index (χ1n) is 5.26. The summed E-state index contributed by atoms with van der Waals surface area (Å²) in [6.45, 7) is 4.26. The standard InChI is InChI=1S/C12H12F6O/c1-10(2,3)7-4-6(11(13,14)15)5-8(9(7)19)12(16,17)18/h4-5,19H,1-3H3. The lowest BCUT2D eigenvalue weighted by atomic mass is 9.84. The summed E-state index contributed by atoms with van der Waals surface area (Å²) < 4.78 is 75.8. The van der Waals surface area contributed by atoms with E-state index in [0.717, 1.165) is 0 Å². The topological polar surface area (TPSA) is 20.2 Å². The fourth-order valence-corrected chi connectivity index (χ4v) is 1.59. The van der Waals surface area contributed by atoms with E-state index in [1.807, 2.05) is 0 Å². The Morgan fingerprint density at radius 1 is 0.789 bits per heavy atom. The molecular weight excluding hydrogens is 274 g/mol. The van der Waals surface area contributed by atoms with Gasteiger partial charge in [-0.1, -0.05) is 20.8 Å². The summed E-state index contributed by atoms with van der Waals surface area (Å²) in [6.07, 6.45) is -9.96. The van der Waals surface area contributed by atoms with Crippen molar-refractivity contribution in [3.63, 3.8) is 0 Å². The zero-order valence-corrected chi connectivity index (χ0v) is 10.4. The van der Waals surface area contributed by atoms with Crippen molar-refractivity contribution < 1.29 is 31.4 Å². The van der Waals surface area contributed by atoms with Gasteiger partial charge in [0.05, 0.1) is 11.1 Å². The molecule has 0 aliphatic carbocycles. The second-order valence-electron chi connectivity index (χ2n) is 5.17. The molecule has 0 saturated heterocycles. The summed E-state index contributed by atoms with van der Waals surface area (Å²) in [7, 11) is 0. The van der Waals surface area contributed by atoms with Crippen LogP contribution in [0.4, 0.5) is 26.3 Å². The Labute approximate surface area is 105 Å². The van der Waals surface area contributed by atoms with Crippen LogP contribution in [-0.4, -0.2) is 5.11 Å². The summed E-state index contributed by atoms with van der Waals surface area (Å²) in [5.74, 6) is -1.16. The number of rotatable bonds is 0. The van der Waals surface area contributed by atoms with Crippen LogP contribution >= 0.6 is 0 Å². The van der Waals surface area contributed by atoms with Crippen LogP contribution in [0.25, 0.3) is 0 Å². The molecule has 0 radical (unpaired) electrons. The highest BCUT2D eigenvalue weighted by molar-refractivity contribution is 5.49. The molecule has 0 bridgehead atoms. The maximum absolute atomic E-state index is 12.7. The van der Waals surface area contributed by atoms with E-state index in [-0.39, 0.29) is 6.07 Å². The van der Waals surface area contributed by atoms with Crippen LogP contribution < -0.4 is 0 Å². The van der Waals surface area contributed by atoms with Crippen LogP contribution in [0.2, 0.25) is 0 Å². The van der Waals surface area contributed by atoms with Crippen molar-refractivity contribution in [2.75, 3.05) is 0 Å². The number of hydrogen-bond acceptors (Lipinski definition) is 1. The van der Waals surface area contributed by atoms with Crippen molar-refractivity contribution in [3.8, 4) is 5.75 Å². The molecule has 1 nitrogen and oxygen atoms in total. The molecule has 0 atom stereocenters. The van der Waals surface area contributed by atoms with E-state index in [1.54, 1.807) is 0 Å². The first-order valence-corrected chi connectivity index (χ1v) is 5.26. The van der Waals surface area contributed by atoms with Crippen LogP contribution in [0.1, 0.15) is 37.5 Å². The molecule has 7 heteroatoms. The maximum Gasteiger partial charge on any atom is 0.419 e. The van der Waals surface area contributed by atoms with Gasteiger partial charge in [0.2, 0.25) is 0 Å². The van der Waals surface area contributed by atoms with E-state index >= 15 is 0 Å². The van der Waals surface area contributed by atoms with Crippen molar-refractivity contribution >= 4 is 0 Å². The third-order valence-corrected chi connectivity index (χ3v) is 2.55. The van der Waals surface area contributed by atoms with Gasteiger partial charge in [0.25, 0.3) is 0 Å². The maximum atomic E-state index is 12.7. The third kappa shape index (κ3) is 3.33. The van der Waals surface area contributed by atoms with Crippen LogP contribution in [0.15, 0.2) is 12.1 Å². The van der Waals surface area contributed by atoms with Crippen LogP contribution in [0, 0.1) is 0 Å². The predicted octanol–water partition coefficient (Wildman–Crippen LogP) is 4.73. The Morgan fingerprint density at radius 3 is 1.53 bits per heavy atom. The van der Waals surface area contributed by atoms with Gasteiger partial charge in [0.15, 0.2) is 0 Å². The molecule has 1 aromatic carbocycles. The Bertz CT molecular complexity index is 443. The zero-order valence-electron chi connectivity index (χ0n) is 10.4. The molecule has 0 unspecified atom stereocenters. The number of benzene rings is 1. The van der Waals surface area contributed by atoms with Crippen LogP contribution in [0.5, 0.6) is 5.75 Å². The molecule has 1 aromatic rings. The highest BCUT2D eigenvalue weighted by Gasteiger charge is 2.41. The summed E-state index contributed by atoms with van der Waals surface area (Å²) >= 11 is 0. The minimum atomic E-state index is -5.05. The molecule has 0 saturated carbocycles. The van der Waals surface area contributed by atoms with Crippen molar-refractivity contribution in [1.29, 1.82) is 0 Å². The van der Waals surface area contributed by atoms with Gasteiger partial charge < -0.3 is 5.11 Å². The van der Waals surface area contributed by atoms with Crippen molar-refractivity contribution in [3.05, 3.63) is 28.8 Å². The van der Waals surface area contributed by atoms with Crippen LogP contribution in [-0.2, 0) is 17.8 Å². The fraction of sp³-hybridized carbons (Fsp3) is 0.500. The second-order valence-corrected chi connectivity index (χ2v) is 5.17. The van der Waals surface area contributed by atoms with Gasteiger partial charge in [-0.3, -0.25) is 0 Å². The lowest BCUT2D eigenvalue weighted by Crippen LogP contribution is -2.18. The first-order chi connectivity index (χ1) is 8.24. The molecule has 19 heavy (non-hydrogen) atoms. The molecule has 0 aromatic heterocycles. The second kappa shape index (κ2) is 4.31. The summed E-state index contributed by atoms with van der Waals surface area (Å²) in [6, 6.07) is 0.467.